The molecule has 0 bridgehead atoms. The van der Waals surface area contributed by atoms with E-state index in [2.05, 4.69) is 10.1 Å². The Hall–Kier alpha value is -1.60. The maximum Gasteiger partial charge on any atom is 0.387 e. The summed E-state index contributed by atoms with van der Waals surface area (Å²) in [6.45, 7) is -2.56. The van der Waals surface area contributed by atoms with E-state index in [0.29, 0.717) is 12.2 Å². The molecule has 2 atom stereocenters. The number of amides is 2. The van der Waals surface area contributed by atoms with Crippen LogP contribution in [0.1, 0.15) is 19.3 Å². The molecule has 2 N–H and O–H groups in total. The fourth-order valence-electron chi connectivity index (χ4n) is 2.65. The molecule has 1 aromatic carbocycles. The van der Waals surface area contributed by atoms with Gasteiger partial charge in [-0.05, 0) is 25.0 Å². The van der Waals surface area contributed by atoms with Gasteiger partial charge in [-0.1, -0.05) is 18.0 Å². The maximum absolute atomic E-state index is 12.3. The van der Waals surface area contributed by atoms with E-state index in [9.17, 15) is 18.7 Å². The minimum Gasteiger partial charge on any atom is -0.433 e. The van der Waals surface area contributed by atoms with Crippen LogP contribution in [-0.4, -0.2) is 42.3 Å². The predicted octanol–water partition coefficient (Wildman–Crippen LogP) is 3.57. The van der Waals surface area contributed by atoms with Crippen LogP contribution in [0.25, 0.3) is 0 Å². The van der Waals surface area contributed by atoms with E-state index in [1.165, 1.54) is 23.1 Å². The van der Waals surface area contributed by atoms with Gasteiger partial charge in [-0.25, -0.2) is 4.79 Å². The van der Waals surface area contributed by atoms with Crippen LogP contribution >= 0.6 is 11.6 Å². The zero-order valence-electron chi connectivity index (χ0n) is 12.6. The van der Waals surface area contributed by atoms with E-state index in [4.69, 9.17) is 11.6 Å². The van der Waals surface area contributed by atoms with Gasteiger partial charge in [0.25, 0.3) is 0 Å². The number of nitrogens with one attached hydrogen (secondary N) is 1. The molecular weight excluding hydrogens is 330 g/mol. The summed E-state index contributed by atoms with van der Waals surface area (Å²) < 4.78 is 28.9. The van der Waals surface area contributed by atoms with E-state index in [1.807, 2.05) is 0 Å². The Morgan fingerprint density at radius 1 is 1.52 bits per heavy atom. The van der Waals surface area contributed by atoms with Gasteiger partial charge < -0.3 is 20.1 Å². The Morgan fingerprint density at radius 2 is 2.26 bits per heavy atom. The number of aliphatic hydroxyl groups excluding tert-OH is 1. The third kappa shape index (κ3) is 4.94. The van der Waals surface area contributed by atoms with Gasteiger partial charge in [0.1, 0.15) is 5.75 Å². The maximum atomic E-state index is 12.3. The van der Waals surface area contributed by atoms with Crippen molar-refractivity contribution < 1.29 is 23.4 Å². The molecule has 1 fully saturated rings. The lowest BCUT2D eigenvalue weighted by molar-refractivity contribution is -0.0497. The second-order valence-electron chi connectivity index (χ2n) is 5.59. The molecule has 2 rings (SSSR count). The molecule has 0 heterocycles. The van der Waals surface area contributed by atoms with E-state index in [1.54, 1.807) is 7.05 Å². The number of halogens is 3. The molecule has 128 valence electrons. The summed E-state index contributed by atoms with van der Waals surface area (Å²) in [5.41, 5.74) is 0.300. The van der Waals surface area contributed by atoms with Crippen LogP contribution in [0.2, 0.25) is 5.02 Å². The van der Waals surface area contributed by atoms with Gasteiger partial charge in [-0.2, -0.15) is 8.78 Å². The van der Waals surface area contributed by atoms with Crippen LogP contribution in [0.4, 0.5) is 19.3 Å². The van der Waals surface area contributed by atoms with E-state index >= 15 is 0 Å². The summed E-state index contributed by atoms with van der Waals surface area (Å²) in [5.74, 6) is -0.137. The molecule has 8 heteroatoms. The standard InChI is InChI=1S/C15H19ClF2N2O3/c1-20(8-9-3-2-4-12(9)21)15(22)19-10-5-6-11(16)13(7-10)23-14(17)18/h5-7,9,12,14,21H,2-4,8H2,1H3,(H,19,22). The Morgan fingerprint density at radius 3 is 2.87 bits per heavy atom. The van der Waals surface area contributed by atoms with Crippen LogP contribution in [0.5, 0.6) is 5.75 Å². The molecule has 1 aromatic rings. The van der Waals surface area contributed by atoms with Crippen LogP contribution in [0.15, 0.2) is 18.2 Å². The number of anilines is 1. The zero-order valence-corrected chi connectivity index (χ0v) is 13.4. The number of rotatable bonds is 5. The monoisotopic (exact) mass is 348 g/mol. The van der Waals surface area contributed by atoms with Crippen molar-refractivity contribution in [1.29, 1.82) is 0 Å². The molecule has 0 spiro atoms. The first kappa shape index (κ1) is 17.7. The Balaban J connectivity index is 1.96. The summed E-state index contributed by atoms with van der Waals surface area (Å²) in [6, 6.07) is 3.71. The smallest absolute Gasteiger partial charge is 0.387 e. The number of hydrogen-bond donors (Lipinski definition) is 2. The molecule has 1 aliphatic rings. The van der Waals surface area contributed by atoms with Crippen molar-refractivity contribution >= 4 is 23.3 Å². The highest BCUT2D eigenvalue weighted by molar-refractivity contribution is 6.32. The molecule has 2 unspecified atom stereocenters. The van der Waals surface area contributed by atoms with Crippen molar-refractivity contribution in [3.8, 4) is 5.75 Å². The second-order valence-corrected chi connectivity index (χ2v) is 6.00. The van der Waals surface area contributed by atoms with Crippen LogP contribution in [0.3, 0.4) is 0 Å². The average molecular weight is 349 g/mol. The second kappa shape index (κ2) is 7.79. The molecule has 0 saturated heterocycles. The van der Waals surface area contributed by atoms with E-state index < -0.39 is 12.6 Å². The first-order valence-electron chi connectivity index (χ1n) is 7.31. The third-order valence-electron chi connectivity index (χ3n) is 3.87. The Bertz CT molecular complexity index is 560. The van der Waals surface area contributed by atoms with Gasteiger partial charge in [0.05, 0.1) is 11.1 Å². The Labute approximate surface area is 138 Å². The summed E-state index contributed by atoms with van der Waals surface area (Å²) in [5, 5.41) is 12.4. The minimum atomic E-state index is -3.00. The number of nitrogens with zero attached hydrogens (tertiary/aromatic N) is 1. The van der Waals surface area contributed by atoms with Crippen LogP contribution in [0, 0.1) is 5.92 Å². The number of aliphatic hydroxyl groups is 1. The molecule has 2 amide bonds. The summed E-state index contributed by atoms with van der Waals surface area (Å²) in [6.07, 6.45) is 2.21. The molecule has 1 aliphatic carbocycles. The first-order chi connectivity index (χ1) is 10.9. The molecule has 5 nitrogen and oxygen atoms in total. The van der Waals surface area contributed by atoms with Crippen molar-refractivity contribution in [2.45, 2.75) is 32.0 Å². The van der Waals surface area contributed by atoms with Crippen LogP contribution in [-0.2, 0) is 0 Å². The van der Waals surface area contributed by atoms with Crippen molar-refractivity contribution in [3.05, 3.63) is 23.2 Å². The number of hydrogen-bond acceptors (Lipinski definition) is 3. The normalized spacial score (nSPS) is 20.6. The highest BCUT2D eigenvalue weighted by atomic mass is 35.5. The fraction of sp³-hybridized carbons (Fsp3) is 0.533. The largest absolute Gasteiger partial charge is 0.433 e. The van der Waals surface area contributed by atoms with Gasteiger partial charge in [-0.15, -0.1) is 0 Å². The van der Waals surface area contributed by atoms with Gasteiger partial charge in [0.2, 0.25) is 0 Å². The molecule has 0 aliphatic heterocycles. The number of benzene rings is 1. The summed E-state index contributed by atoms with van der Waals surface area (Å²) in [7, 11) is 1.62. The van der Waals surface area contributed by atoms with Crippen molar-refractivity contribution in [1.82, 2.24) is 4.90 Å². The predicted molar refractivity (Wildman–Crippen MR) is 83.1 cm³/mol. The molecule has 1 saturated carbocycles. The van der Waals surface area contributed by atoms with Crippen LogP contribution < -0.4 is 10.1 Å². The number of ether oxygens (including phenoxy) is 1. The first-order valence-corrected chi connectivity index (χ1v) is 7.69. The molecule has 23 heavy (non-hydrogen) atoms. The topological polar surface area (TPSA) is 61.8 Å². The SMILES string of the molecule is CN(CC1CCCC1O)C(=O)Nc1ccc(Cl)c(OC(F)F)c1. The van der Waals surface area contributed by atoms with Gasteiger partial charge in [-0.3, -0.25) is 0 Å². The van der Waals surface area contributed by atoms with Crippen molar-refractivity contribution in [2.75, 3.05) is 18.9 Å². The molecular formula is C15H19ClF2N2O3. The average Bonchev–Trinajstić information content (AvgIpc) is 2.87. The van der Waals surface area contributed by atoms with Gasteiger partial charge >= 0.3 is 12.6 Å². The van der Waals surface area contributed by atoms with Gasteiger partial charge in [0, 0.05) is 31.3 Å². The lowest BCUT2D eigenvalue weighted by Crippen LogP contribution is -2.37. The lowest BCUT2D eigenvalue weighted by atomic mass is 10.1. The van der Waals surface area contributed by atoms with E-state index in [0.717, 1.165) is 19.3 Å². The summed E-state index contributed by atoms with van der Waals surface area (Å²) in [4.78, 5) is 13.6. The highest BCUT2D eigenvalue weighted by Crippen LogP contribution is 2.30. The number of carbonyl (C=O) groups excluding carboxylic acids is 1. The zero-order chi connectivity index (χ0) is 17.0. The molecule has 0 radical (unpaired) electrons. The Kier molecular flexibility index (Phi) is 6.01. The van der Waals surface area contributed by atoms with Gasteiger partial charge in [0.15, 0.2) is 0 Å². The lowest BCUT2D eigenvalue weighted by Gasteiger charge is -2.23. The number of urea groups is 1. The molecule has 0 aromatic heterocycles. The third-order valence-corrected chi connectivity index (χ3v) is 4.18. The summed E-state index contributed by atoms with van der Waals surface area (Å²) >= 11 is 5.76. The number of alkyl halides is 2. The minimum absolute atomic E-state index is 0.0331. The van der Waals surface area contributed by atoms with Crippen molar-refractivity contribution in [2.24, 2.45) is 5.92 Å². The van der Waals surface area contributed by atoms with E-state index in [-0.39, 0.29) is 22.8 Å². The number of carbonyl (C=O) groups is 1. The quantitative estimate of drug-likeness (QED) is 0.855. The highest BCUT2D eigenvalue weighted by Gasteiger charge is 2.27. The fourth-order valence-corrected chi connectivity index (χ4v) is 2.81. The van der Waals surface area contributed by atoms with Crippen molar-refractivity contribution in [3.63, 3.8) is 0 Å².